The van der Waals surface area contributed by atoms with Crippen molar-refractivity contribution in [1.82, 2.24) is 14.4 Å². The van der Waals surface area contributed by atoms with Gasteiger partial charge in [0.25, 0.3) is 0 Å². The molecule has 2 heterocycles. The van der Waals surface area contributed by atoms with Crippen molar-refractivity contribution in [2.24, 2.45) is 0 Å². The van der Waals surface area contributed by atoms with E-state index in [4.69, 9.17) is 20.9 Å². The first-order valence-corrected chi connectivity index (χ1v) is 11.4. The molecule has 1 saturated heterocycles. The Morgan fingerprint density at radius 1 is 1.23 bits per heavy atom. The summed E-state index contributed by atoms with van der Waals surface area (Å²) in [6.45, 7) is 2.45. The maximum Gasteiger partial charge on any atom is 0.243 e. The summed E-state index contributed by atoms with van der Waals surface area (Å²) in [5.41, 5.74) is 1.33. The molecule has 1 aromatic heterocycles. The summed E-state index contributed by atoms with van der Waals surface area (Å²) in [6, 6.07) is 12.3. The third kappa shape index (κ3) is 3.95. The number of halogens is 1. The summed E-state index contributed by atoms with van der Waals surface area (Å²) < 4.78 is 38.7. The fourth-order valence-corrected chi connectivity index (χ4v) is 5.65. The molecule has 3 aromatic rings. The monoisotopic (exact) mass is 447 g/mol. The lowest BCUT2D eigenvalue weighted by atomic mass is 10.00. The summed E-state index contributed by atoms with van der Waals surface area (Å²) in [5, 5.41) is 4.52. The van der Waals surface area contributed by atoms with Gasteiger partial charge in [0.05, 0.1) is 17.9 Å². The van der Waals surface area contributed by atoms with Gasteiger partial charge in [0.15, 0.2) is 0 Å². The van der Waals surface area contributed by atoms with E-state index in [9.17, 15) is 8.42 Å². The topological polar surface area (TPSA) is 85.5 Å². The Morgan fingerprint density at radius 2 is 2.03 bits per heavy atom. The van der Waals surface area contributed by atoms with E-state index in [1.165, 1.54) is 4.31 Å². The minimum Gasteiger partial charge on any atom is -0.497 e. The highest BCUT2D eigenvalue weighted by molar-refractivity contribution is 7.89. The number of sulfonamides is 1. The highest BCUT2D eigenvalue weighted by Crippen LogP contribution is 2.33. The van der Waals surface area contributed by atoms with Crippen LogP contribution in [-0.2, 0) is 10.0 Å². The molecular formula is C21H22ClN3O4S. The molecule has 0 unspecified atom stereocenters. The molecule has 0 amide bonds. The molecule has 1 fully saturated rings. The quantitative estimate of drug-likeness (QED) is 0.580. The summed E-state index contributed by atoms with van der Waals surface area (Å²) in [5.74, 6) is 1.43. The zero-order valence-corrected chi connectivity index (χ0v) is 18.3. The van der Waals surface area contributed by atoms with E-state index >= 15 is 0 Å². The number of nitrogens with zero attached hydrogens (tertiary/aromatic N) is 3. The molecule has 2 aromatic carbocycles. The molecule has 1 aliphatic rings. The molecule has 1 aliphatic heterocycles. The highest BCUT2D eigenvalue weighted by atomic mass is 35.5. The lowest BCUT2D eigenvalue weighted by Gasteiger charge is -2.30. The van der Waals surface area contributed by atoms with Crippen LogP contribution in [0.5, 0.6) is 5.75 Å². The van der Waals surface area contributed by atoms with Gasteiger partial charge in [-0.2, -0.15) is 9.29 Å². The van der Waals surface area contributed by atoms with E-state index in [0.29, 0.717) is 41.0 Å². The van der Waals surface area contributed by atoms with Crippen LogP contribution in [0.4, 0.5) is 0 Å². The summed E-state index contributed by atoms with van der Waals surface area (Å²) >= 11 is 6.14. The van der Waals surface area contributed by atoms with E-state index in [-0.39, 0.29) is 17.4 Å². The smallest absolute Gasteiger partial charge is 0.243 e. The van der Waals surface area contributed by atoms with E-state index < -0.39 is 10.0 Å². The number of rotatable bonds is 5. The van der Waals surface area contributed by atoms with Gasteiger partial charge in [-0.1, -0.05) is 35.0 Å². The lowest BCUT2D eigenvalue weighted by Crippen LogP contribution is -2.39. The van der Waals surface area contributed by atoms with Crippen molar-refractivity contribution >= 4 is 21.6 Å². The molecule has 7 nitrogen and oxygen atoms in total. The Bertz CT molecular complexity index is 1160. The molecule has 0 spiro atoms. The molecule has 158 valence electrons. The number of ether oxygens (including phenoxy) is 1. The molecule has 30 heavy (non-hydrogen) atoms. The SMILES string of the molecule is COc1cccc(-c2noc([C@H]3CCCN(S(=O)(=O)c4cccc(Cl)c4C)C3)n2)c1. The maximum atomic E-state index is 13.2. The van der Waals surface area contributed by atoms with Crippen molar-refractivity contribution in [3.63, 3.8) is 0 Å². The van der Waals surface area contributed by atoms with Gasteiger partial charge in [-0.05, 0) is 49.6 Å². The minimum absolute atomic E-state index is 0.167. The van der Waals surface area contributed by atoms with Gasteiger partial charge >= 0.3 is 0 Å². The van der Waals surface area contributed by atoms with Gasteiger partial charge in [-0.3, -0.25) is 0 Å². The van der Waals surface area contributed by atoms with Crippen LogP contribution < -0.4 is 4.74 Å². The Hall–Kier alpha value is -2.42. The van der Waals surface area contributed by atoms with Gasteiger partial charge in [-0.25, -0.2) is 8.42 Å². The van der Waals surface area contributed by atoms with Crippen LogP contribution in [0.15, 0.2) is 51.9 Å². The molecule has 9 heteroatoms. The molecule has 0 aliphatic carbocycles. The van der Waals surface area contributed by atoms with Crippen molar-refractivity contribution in [3.8, 4) is 17.1 Å². The highest BCUT2D eigenvalue weighted by Gasteiger charge is 2.34. The van der Waals surface area contributed by atoms with Gasteiger partial charge in [0.1, 0.15) is 5.75 Å². The number of piperidine rings is 1. The molecule has 0 saturated carbocycles. The molecule has 0 N–H and O–H groups in total. The number of benzene rings is 2. The van der Waals surface area contributed by atoms with Crippen LogP contribution in [0.3, 0.4) is 0 Å². The number of hydrogen-bond donors (Lipinski definition) is 0. The molecule has 0 radical (unpaired) electrons. The summed E-state index contributed by atoms with van der Waals surface area (Å²) in [7, 11) is -2.07. The van der Waals surface area contributed by atoms with Crippen molar-refractivity contribution < 1.29 is 17.7 Å². The number of methoxy groups -OCH3 is 1. The lowest BCUT2D eigenvalue weighted by molar-refractivity contribution is 0.265. The third-order valence-corrected chi connectivity index (χ3v) is 7.76. The van der Waals surface area contributed by atoms with Crippen molar-refractivity contribution in [2.75, 3.05) is 20.2 Å². The van der Waals surface area contributed by atoms with Crippen LogP contribution in [0.1, 0.15) is 30.2 Å². The van der Waals surface area contributed by atoms with Crippen molar-refractivity contribution in [1.29, 1.82) is 0 Å². The van der Waals surface area contributed by atoms with E-state index in [1.807, 2.05) is 24.3 Å². The summed E-state index contributed by atoms with van der Waals surface area (Å²) in [6.07, 6.45) is 1.49. The van der Waals surface area contributed by atoms with Crippen molar-refractivity contribution in [3.05, 3.63) is 58.9 Å². The fraction of sp³-hybridized carbons (Fsp3) is 0.333. The predicted molar refractivity (Wildman–Crippen MR) is 113 cm³/mol. The standard InChI is InChI=1S/C21H22ClN3O4S/c1-14-18(22)9-4-10-19(14)30(26,27)25-11-5-7-16(13-25)21-23-20(24-29-21)15-6-3-8-17(12-15)28-2/h3-4,6,8-10,12,16H,5,7,11,13H2,1-2H3/t16-/m0/s1. The van der Waals surface area contributed by atoms with E-state index in [2.05, 4.69) is 10.1 Å². The zero-order chi connectivity index (χ0) is 21.3. The van der Waals surface area contributed by atoms with Crippen molar-refractivity contribution in [2.45, 2.75) is 30.6 Å². The molecule has 1 atom stereocenters. The zero-order valence-electron chi connectivity index (χ0n) is 16.7. The Kier molecular flexibility index (Phi) is 5.81. The average molecular weight is 448 g/mol. The normalized spacial score (nSPS) is 17.8. The first-order valence-electron chi connectivity index (χ1n) is 9.63. The number of hydrogen-bond acceptors (Lipinski definition) is 6. The molecular weight excluding hydrogens is 426 g/mol. The second-order valence-electron chi connectivity index (χ2n) is 7.25. The first kappa shape index (κ1) is 20.8. The van der Waals surface area contributed by atoms with Crippen LogP contribution in [0.25, 0.3) is 11.4 Å². The second-order valence-corrected chi connectivity index (χ2v) is 9.57. The van der Waals surface area contributed by atoms with E-state index in [1.54, 1.807) is 32.2 Å². The van der Waals surface area contributed by atoms with Gasteiger partial charge in [0.2, 0.25) is 21.7 Å². The number of aromatic nitrogens is 2. The molecule has 0 bridgehead atoms. The van der Waals surface area contributed by atoms with Gasteiger partial charge in [-0.15, -0.1) is 0 Å². The average Bonchev–Trinajstić information content (AvgIpc) is 3.26. The largest absolute Gasteiger partial charge is 0.497 e. The van der Waals surface area contributed by atoms with Crippen LogP contribution in [-0.4, -0.2) is 43.1 Å². The van der Waals surface area contributed by atoms with E-state index in [0.717, 1.165) is 12.0 Å². The Balaban J connectivity index is 1.57. The summed E-state index contributed by atoms with van der Waals surface area (Å²) in [4.78, 5) is 4.76. The first-order chi connectivity index (χ1) is 14.4. The Labute approximate surface area is 180 Å². The minimum atomic E-state index is -3.67. The second kappa shape index (κ2) is 8.37. The predicted octanol–water partition coefficient (Wildman–Crippen LogP) is 4.28. The molecule has 4 rings (SSSR count). The maximum absolute atomic E-state index is 13.2. The Morgan fingerprint density at radius 3 is 2.83 bits per heavy atom. The van der Waals surface area contributed by atoms with Gasteiger partial charge in [0, 0.05) is 23.7 Å². The van der Waals surface area contributed by atoms with Crippen LogP contribution in [0.2, 0.25) is 5.02 Å². The van der Waals surface area contributed by atoms with Gasteiger partial charge < -0.3 is 9.26 Å². The van der Waals surface area contributed by atoms with Crippen LogP contribution >= 0.6 is 11.6 Å². The third-order valence-electron chi connectivity index (χ3n) is 5.34. The fourth-order valence-electron chi connectivity index (χ4n) is 3.65. The van der Waals surface area contributed by atoms with Crippen LogP contribution in [0, 0.1) is 6.92 Å².